The van der Waals surface area contributed by atoms with Crippen LogP contribution < -0.4 is 0 Å². The first kappa shape index (κ1) is 8.93. The summed E-state index contributed by atoms with van der Waals surface area (Å²) < 4.78 is 41.4. The topological polar surface area (TPSA) is 33.4 Å². The average molecular weight is 202 g/mol. The van der Waals surface area contributed by atoms with E-state index in [0.717, 1.165) is 18.4 Å². The van der Waals surface area contributed by atoms with E-state index in [-0.39, 0.29) is 16.7 Å². The van der Waals surface area contributed by atoms with Gasteiger partial charge in [-0.05, 0) is 18.2 Å². The Kier molecular flexibility index (Phi) is 1.70. The normalized spacial score (nSPS) is 12.2. The van der Waals surface area contributed by atoms with Crippen LogP contribution in [0, 0.1) is 0 Å². The molecule has 2 nitrogen and oxygen atoms in total. The Morgan fingerprint density at radius 3 is 2.57 bits per heavy atom. The van der Waals surface area contributed by atoms with Crippen LogP contribution in [0.3, 0.4) is 0 Å². The molecule has 0 unspecified atom stereocenters. The van der Waals surface area contributed by atoms with Crippen LogP contribution in [0.4, 0.5) is 13.2 Å². The molecule has 74 valence electrons. The molecule has 0 radical (unpaired) electrons. The molecule has 2 aromatic rings. The Hall–Kier alpha value is -1.65. The molecular weight excluding hydrogens is 197 g/mol. The molecule has 1 N–H and O–H groups in total. The van der Waals surface area contributed by atoms with Crippen molar-refractivity contribution in [3.63, 3.8) is 0 Å². The molecule has 0 aliphatic rings. The number of hydrogen-bond acceptors (Lipinski definition) is 2. The minimum atomic E-state index is -4.39. The zero-order valence-corrected chi connectivity index (χ0v) is 6.80. The number of aromatic hydroxyl groups is 1. The number of rotatable bonds is 0. The first-order valence-corrected chi connectivity index (χ1v) is 3.76. The summed E-state index contributed by atoms with van der Waals surface area (Å²) in [6.07, 6.45) is -3.39. The molecule has 5 heteroatoms. The first-order valence-electron chi connectivity index (χ1n) is 3.76. The van der Waals surface area contributed by atoms with E-state index in [4.69, 9.17) is 9.52 Å². The molecule has 0 aliphatic heterocycles. The fourth-order valence-electron chi connectivity index (χ4n) is 1.19. The summed E-state index contributed by atoms with van der Waals surface area (Å²) in [5.41, 5.74) is -0.767. The van der Waals surface area contributed by atoms with E-state index in [9.17, 15) is 13.2 Å². The van der Waals surface area contributed by atoms with Crippen LogP contribution >= 0.6 is 0 Å². The zero-order chi connectivity index (χ0) is 10.3. The van der Waals surface area contributed by atoms with Gasteiger partial charge in [0.05, 0.1) is 10.9 Å². The van der Waals surface area contributed by atoms with E-state index in [2.05, 4.69) is 0 Å². The SMILES string of the molecule is Oc1coc2cc(C(F)(F)F)ccc12. The van der Waals surface area contributed by atoms with Crippen molar-refractivity contribution >= 4 is 11.0 Å². The molecule has 1 aromatic carbocycles. The summed E-state index contributed by atoms with van der Waals surface area (Å²) in [6.45, 7) is 0. The molecule has 1 heterocycles. The molecule has 2 rings (SSSR count). The van der Waals surface area contributed by atoms with Gasteiger partial charge in [0.2, 0.25) is 0 Å². The average Bonchev–Trinajstić information content (AvgIpc) is 2.46. The van der Waals surface area contributed by atoms with Crippen molar-refractivity contribution in [2.45, 2.75) is 6.18 Å². The largest absolute Gasteiger partial charge is 0.504 e. The van der Waals surface area contributed by atoms with Crippen molar-refractivity contribution in [2.75, 3.05) is 0 Å². The Morgan fingerprint density at radius 1 is 1.21 bits per heavy atom. The van der Waals surface area contributed by atoms with Gasteiger partial charge in [0.25, 0.3) is 0 Å². The molecule has 0 aliphatic carbocycles. The highest BCUT2D eigenvalue weighted by atomic mass is 19.4. The van der Waals surface area contributed by atoms with Crippen LogP contribution in [-0.2, 0) is 6.18 Å². The monoisotopic (exact) mass is 202 g/mol. The van der Waals surface area contributed by atoms with Crippen molar-refractivity contribution in [3.8, 4) is 5.75 Å². The van der Waals surface area contributed by atoms with Crippen molar-refractivity contribution in [2.24, 2.45) is 0 Å². The van der Waals surface area contributed by atoms with Gasteiger partial charge in [-0.3, -0.25) is 0 Å². The molecule has 0 fully saturated rings. The summed E-state index contributed by atoms with van der Waals surface area (Å²) in [7, 11) is 0. The van der Waals surface area contributed by atoms with Crippen LogP contribution in [0.1, 0.15) is 5.56 Å². The number of halogens is 3. The second kappa shape index (κ2) is 2.67. The predicted molar refractivity (Wildman–Crippen MR) is 42.9 cm³/mol. The van der Waals surface area contributed by atoms with E-state index in [1.807, 2.05) is 0 Å². The molecule has 0 amide bonds. The molecular formula is C9H5F3O2. The lowest BCUT2D eigenvalue weighted by atomic mass is 10.1. The van der Waals surface area contributed by atoms with Crippen molar-refractivity contribution in [1.29, 1.82) is 0 Å². The molecule has 0 spiro atoms. The van der Waals surface area contributed by atoms with E-state index in [1.54, 1.807) is 0 Å². The second-order valence-electron chi connectivity index (χ2n) is 2.83. The van der Waals surface area contributed by atoms with Gasteiger partial charge in [0.1, 0.15) is 11.8 Å². The van der Waals surface area contributed by atoms with Crippen LogP contribution in [0.25, 0.3) is 11.0 Å². The van der Waals surface area contributed by atoms with Gasteiger partial charge in [-0.1, -0.05) is 0 Å². The molecule has 0 atom stereocenters. The van der Waals surface area contributed by atoms with Gasteiger partial charge in [0.15, 0.2) is 5.75 Å². The Labute approximate surface area is 76.6 Å². The van der Waals surface area contributed by atoms with Gasteiger partial charge < -0.3 is 9.52 Å². The summed E-state index contributed by atoms with van der Waals surface area (Å²) in [4.78, 5) is 0. The maximum atomic E-state index is 12.2. The standard InChI is InChI=1S/C9H5F3O2/c10-9(11,12)5-1-2-6-7(13)4-14-8(6)3-5/h1-4,13H. The molecule has 0 saturated carbocycles. The lowest BCUT2D eigenvalue weighted by Gasteiger charge is -2.04. The van der Waals surface area contributed by atoms with Gasteiger partial charge >= 0.3 is 6.18 Å². The van der Waals surface area contributed by atoms with Gasteiger partial charge in [-0.2, -0.15) is 13.2 Å². The third kappa shape index (κ3) is 1.30. The fourth-order valence-corrected chi connectivity index (χ4v) is 1.19. The maximum absolute atomic E-state index is 12.2. The third-order valence-electron chi connectivity index (χ3n) is 1.88. The van der Waals surface area contributed by atoms with E-state index >= 15 is 0 Å². The maximum Gasteiger partial charge on any atom is 0.416 e. The highest BCUT2D eigenvalue weighted by molar-refractivity contribution is 5.84. The summed E-state index contributed by atoms with van der Waals surface area (Å²) in [5, 5.41) is 9.41. The smallest absolute Gasteiger partial charge is 0.416 e. The number of hydrogen-bond donors (Lipinski definition) is 1. The quantitative estimate of drug-likeness (QED) is 0.711. The van der Waals surface area contributed by atoms with E-state index in [1.165, 1.54) is 6.07 Å². The lowest BCUT2D eigenvalue weighted by molar-refractivity contribution is -0.137. The van der Waals surface area contributed by atoms with E-state index < -0.39 is 11.7 Å². The summed E-state index contributed by atoms with van der Waals surface area (Å²) in [6, 6.07) is 2.93. The number of fused-ring (bicyclic) bond motifs is 1. The van der Waals surface area contributed by atoms with Crippen LogP contribution in [0.5, 0.6) is 5.75 Å². The zero-order valence-electron chi connectivity index (χ0n) is 6.80. The minimum Gasteiger partial charge on any atom is -0.504 e. The predicted octanol–water partition coefficient (Wildman–Crippen LogP) is 3.16. The second-order valence-corrected chi connectivity index (χ2v) is 2.83. The minimum absolute atomic E-state index is 0.0253. The third-order valence-corrected chi connectivity index (χ3v) is 1.88. The van der Waals surface area contributed by atoms with E-state index in [0.29, 0.717) is 0 Å². The number of benzene rings is 1. The first-order chi connectivity index (χ1) is 6.48. The van der Waals surface area contributed by atoms with Gasteiger partial charge in [-0.25, -0.2) is 0 Å². The molecule has 0 bridgehead atoms. The van der Waals surface area contributed by atoms with Crippen molar-refractivity contribution < 1.29 is 22.7 Å². The number of alkyl halides is 3. The molecule has 1 aromatic heterocycles. The Bertz CT molecular complexity index is 470. The van der Waals surface area contributed by atoms with Crippen molar-refractivity contribution in [1.82, 2.24) is 0 Å². The molecule has 0 saturated heterocycles. The van der Waals surface area contributed by atoms with Gasteiger partial charge in [-0.15, -0.1) is 0 Å². The number of furan rings is 1. The Balaban J connectivity index is 2.63. The molecule has 14 heavy (non-hydrogen) atoms. The summed E-state index contributed by atoms with van der Waals surface area (Å²) >= 11 is 0. The fraction of sp³-hybridized carbons (Fsp3) is 0.111. The van der Waals surface area contributed by atoms with Crippen LogP contribution in [-0.4, -0.2) is 5.11 Å². The highest BCUT2D eigenvalue weighted by Gasteiger charge is 2.30. The van der Waals surface area contributed by atoms with Crippen molar-refractivity contribution in [3.05, 3.63) is 30.0 Å². The van der Waals surface area contributed by atoms with Crippen LogP contribution in [0.2, 0.25) is 0 Å². The highest BCUT2D eigenvalue weighted by Crippen LogP contribution is 2.34. The van der Waals surface area contributed by atoms with Gasteiger partial charge in [0, 0.05) is 0 Å². The van der Waals surface area contributed by atoms with Crippen LogP contribution in [0.15, 0.2) is 28.9 Å². The summed E-state index contributed by atoms with van der Waals surface area (Å²) in [5.74, 6) is -0.159. The lowest BCUT2D eigenvalue weighted by Crippen LogP contribution is -2.03. The Morgan fingerprint density at radius 2 is 1.93 bits per heavy atom.